The molecule has 30 heavy (non-hydrogen) atoms. The molecule has 1 spiro atoms. The van der Waals surface area contributed by atoms with E-state index in [2.05, 4.69) is 5.32 Å². The van der Waals surface area contributed by atoms with Crippen LogP contribution in [-0.4, -0.2) is 39.3 Å². The molecule has 2 aliphatic rings. The molecule has 158 valence electrons. The van der Waals surface area contributed by atoms with E-state index in [1.165, 1.54) is 0 Å². The molecule has 2 atom stereocenters. The van der Waals surface area contributed by atoms with E-state index in [9.17, 15) is 14.4 Å². The Kier molecular flexibility index (Phi) is 5.22. The molecule has 1 N–H and O–H groups in total. The van der Waals surface area contributed by atoms with E-state index in [-0.39, 0.29) is 24.2 Å². The summed E-state index contributed by atoms with van der Waals surface area (Å²) >= 11 is 5.99. The summed E-state index contributed by atoms with van der Waals surface area (Å²) < 4.78 is 1.97. The van der Waals surface area contributed by atoms with Gasteiger partial charge in [0.1, 0.15) is 5.54 Å². The van der Waals surface area contributed by atoms with E-state index >= 15 is 0 Å². The number of carbonyl (C=O) groups is 3. The zero-order chi connectivity index (χ0) is 21.6. The maximum atomic E-state index is 13.2. The van der Waals surface area contributed by atoms with E-state index in [1.807, 2.05) is 43.5 Å². The average Bonchev–Trinajstić information content (AvgIpc) is 3.13. The van der Waals surface area contributed by atoms with Gasteiger partial charge in [-0.3, -0.25) is 14.5 Å². The molecule has 4 rings (SSSR count). The van der Waals surface area contributed by atoms with Gasteiger partial charge in [-0.15, -0.1) is 0 Å². The Hall–Kier alpha value is -2.60. The molecule has 2 heterocycles. The Bertz CT molecular complexity index is 1030. The van der Waals surface area contributed by atoms with Crippen molar-refractivity contribution < 1.29 is 14.4 Å². The van der Waals surface area contributed by atoms with Gasteiger partial charge in [-0.05, 0) is 62.9 Å². The van der Waals surface area contributed by atoms with Gasteiger partial charge in [-0.25, -0.2) is 4.79 Å². The van der Waals surface area contributed by atoms with Crippen molar-refractivity contribution in [2.24, 2.45) is 5.92 Å². The Morgan fingerprint density at radius 1 is 1.20 bits per heavy atom. The minimum Gasteiger partial charge on any atom is -0.323 e. The SMILES string of the molecule is Cc1cc(C(=O)CN2C(=O)N[C@]3(CCCC[C@@H]3C)C2=O)c(C)n1-c1ccc(Cl)cc1. The van der Waals surface area contributed by atoms with E-state index in [1.54, 1.807) is 12.1 Å². The number of hydrogen-bond acceptors (Lipinski definition) is 3. The van der Waals surface area contributed by atoms with Crippen molar-refractivity contribution in [1.29, 1.82) is 0 Å². The van der Waals surface area contributed by atoms with Crippen LogP contribution in [0.3, 0.4) is 0 Å². The quantitative estimate of drug-likeness (QED) is 0.579. The fourth-order valence-electron chi connectivity index (χ4n) is 4.90. The molecule has 1 aliphatic carbocycles. The number of amides is 3. The van der Waals surface area contributed by atoms with E-state index in [0.29, 0.717) is 17.0 Å². The maximum absolute atomic E-state index is 13.2. The van der Waals surface area contributed by atoms with Crippen molar-refractivity contribution in [3.63, 3.8) is 0 Å². The highest BCUT2D eigenvalue weighted by molar-refractivity contribution is 6.30. The number of halogens is 1. The van der Waals surface area contributed by atoms with Gasteiger partial charge < -0.3 is 9.88 Å². The first-order valence-electron chi connectivity index (χ1n) is 10.4. The van der Waals surface area contributed by atoms with Crippen molar-refractivity contribution in [2.75, 3.05) is 6.54 Å². The summed E-state index contributed by atoms with van der Waals surface area (Å²) in [7, 11) is 0. The summed E-state index contributed by atoms with van der Waals surface area (Å²) in [4.78, 5) is 40.0. The van der Waals surface area contributed by atoms with Crippen LogP contribution in [0.2, 0.25) is 5.02 Å². The molecule has 0 unspecified atom stereocenters. The van der Waals surface area contributed by atoms with Crippen molar-refractivity contribution in [2.45, 2.75) is 52.0 Å². The molecule has 1 saturated carbocycles. The zero-order valence-corrected chi connectivity index (χ0v) is 18.3. The number of benzene rings is 1. The first kappa shape index (κ1) is 20.7. The Morgan fingerprint density at radius 3 is 2.57 bits per heavy atom. The summed E-state index contributed by atoms with van der Waals surface area (Å²) in [6, 6.07) is 8.73. The van der Waals surface area contributed by atoms with Crippen LogP contribution in [-0.2, 0) is 4.79 Å². The van der Waals surface area contributed by atoms with Crippen LogP contribution in [0.5, 0.6) is 0 Å². The highest BCUT2D eigenvalue weighted by Crippen LogP contribution is 2.38. The smallest absolute Gasteiger partial charge is 0.323 e. The lowest BCUT2D eigenvalue weighted by Gasteiger charge is -2.36. The molecule has 1 aromatic carbocycles. The number of nitrogens with zero attached hydrogens (tertiary/aromatic N) is 2. The number of rotatable bonds is 4. The summed E-state index contributed by atoms with van der Waals surface area (Å²) in [5.41, 5.74) is 2.23. The van der Waals surface area contributed by atoms with Gasteiger partial charge >= 0.3 is 6.03 Å². The van der Waals surface area contributed by atoms with Crippen molar-refractivity contribution in [3.8, 4) is 5.69 Å². The lowest BCUT2D eigenvalue weighted by molar-refractivity contribution is -0.133. The first-order valence-corrected chi connectivity index (χ1v) is 10.7. The van der Waals surface area contributed by atoms with Crippen molar-refractivity contribution >= 4 is 29.3 Å². The molecule has 2 fully saturated rings. The van der Waals surface area contributed by atoms with Crippen LogP contribution in [0, 0.1) is 19.8 Å². The third-order valence-electron chi connectivity index (χ3n) is 6.62. The van der Waals surface area contributed by atoms with Crippen LogP contribution < -0.4 is 5.32 Å². The fraction of sp³-hybridized carbons (Fsp3) is 0.435. The van der Waals surface area contributed by atoms with Gasteiger partial charge in [0.15, 0.2) is 5.78 Å². The van der Waals surface area contributed by atoms with Gasteiger partial charge in [0.25, 0.3) is 5.91 Å². The average molecular weight is 428 g/mol. The normalized spacial score (nSPS) is 23.9. The number of hydrogen-bond donors (Lipinski definition) is 1. The standard InChI is InChI=1S/C23H26ClN3O3/c1-14-6-4-5-11-23(14)21(29)26(22(30)25-23)13-20(28)19-12-15(2)27(16(19)3)18-9-7-17(24)8-10-18/h7-10,12,14H,4-6,11,13H2,1-3H3,(H,25,30)/t14-,23-/m0/s1. The second kappa shape index (κ2) is 7.58. The van der Waals surface area contributed by atoms with Crippen LogP contribution in [0.25, 0.3) is 5.69 Å². The fourth-order valence-corrected chi connectivity index (χ4v) is 5.03. The summed E-state index contributed by atoms with van der Waals surface area (Å²) in [6.07, 6.45) is 3.49. The van der Waals surface area contributed by atoms with Gasteiger partial charge in [0.2, 0.25) is 0 Å². The molecule has 0 radical (unpaired) electrons. The van der Waals surface area contributed by atoms with Gasteiger partial charge in [-0.2, -0.15) is 0 Å². The molecule has 7 heteroatoms. The lowest BCUT2D eigenvalue weighted by Crippen LogP contribution is -2.54. The summed E-state index contributed by atoms with van der Waals surface area (Å²) in [5, 5.41) is 3.55. The van der Waals surface area contributed by atoms with Crippen LogP contribution in [0.1, 0.15) is 54.4 Å². The van der Waals surface area contributed by atoms with Crippen LogP contribution >= 0.6 is 11.6 Å². The zero-order valence-electron chi connectivity index (χ0n) is 17.5. The van der Waals surface area contributed by atoms with Crippen LogP contribution in [0.15, 0.2) is 30.3 Å². The minimum atomic E-state index is -0.851. The molecular weight excluding hydrogens is 402 g/mol. The summed E-state index contributed by atoms with van der Waals surface area (Å²) in [5.74, 6) is -0.440. The van der Waals surface area contributed by atoms with Crippen molar-refractivity contribution in [3.05, 3.63) is 52.3 Å². The van der Waals surface area contributed by atoms with Gasteiger partial charge in [-0.1, -0.05) is 31.4 Å². The molecule has 1 aliphatic heterocycles. The number of aryl methyl sites for hydroxylation is 1. The van der Waals surface area contributed by atoms with E-state index in [4.69, 9.17) is 11.6 Å². The highest BCUT2D eigenvalue weighted by atomic mass is 35.5. The molecular formula is C23H26ClN3O3. The number of nitrogens with one attached hydrogen (secondary N) is 1. The maximum Gasteiger partial charge on any atom is 0.325 e. The topological polar surface area (TPSA) is 71.4 Å². The third-order valence-corrected chi connectivity index (χ3v) is 6.87. The summed E-state index contributed by atoms with van der Waals surface area (Å²) in [6.45, 7) is 5.54. The number of ketones is 1. The number of urea groups is 1. The lowest BCUT2D eigenvalue weighted by atomic mass is 9.73. The molecule has 1 aromatic heterocycles. The Balaban J connectivity index is 1.59. The molecule has 6 nitrogen and oxygen atoms in total. The number of carbonyl (C=O) groups excluding carboxylic acids is 3. The number of Topliss-reactive ketones (excluding diaryl/α,β-unsaturated/α-hetero) is 1. The first-order chi connectivity index (χ1) is 14.2. The highest BCUT2D eigenvalue weighted by Gasteiger charge is 2.55. The largest absolute Gasteiger partial charge is 0.325 e. The molecule has 0 bridgehead atoms. The van der Waals surface area contributed by atoms with Gasteiger partial charge in [0.05, 0.1) is 6.54 Å². The van der Waals surface area contributed by atoms with E-state index < -0.39 is 11.6 Å². The number of imide groups is 1. The third kappa shape index (κ3) is 3.23. The van der Waals surface area contributed by atoms with E-state index in [0.717, 1.165) is 41.2 Å². The second-order valence-electron chi connectivity index (χ2n) is 8.46. The Labute approximate surface area is 181 Å². The minimum absolute atomic E-state index is 0.0674. The monoisotopic (exact) mass is 427 g/mol. The second-order valence-corrected chi connectivity index (χ2v) is 8.90. The molecule has 1 saturated heterocycles. The molecule has 3 amide bonds. The predicted octanol–water partition coefficient (Wildman–Crippen LogP) is 4.43. The van der Waals surface area contributed by atoms with Crippen molar-refractivity contribution in [1.82, 2.24) is 14.8 Å². The van der Waals surface area contributed by atoms with Gasteiger partial charge in [0, 0.05) is 27.7 Å². The van der Waals surface area contributed by atoms with Crippen LogP contribution in [0.4, 0.5) is 4.79 Å². The number of aromatic nitrogens is 1. The molecule has 2 aromatic rings. The predicted molar refractivity (Wildman–Crippen MR) is 115 cm³/mol. The Morgan fingerprint density at radius 2 is 1.90 bits per heavy atom.